The number of ether oxygens (including phenoxy) is 1. The zero-order chi connectivity index (χ0) is 15.7. The molecule has 5 heteroatoms. The van der Waals surface area contributed by atoms with Gasteiger partial charge in [-0.3, -0.25) is 4.79 Å². The predicted octanol–water partition coefficient (Wildman–Crippen LogP) is 3.58. The number of fused-ring (bicyclic) bond motifs is 1. The van der Waals surface area contributed by atoms with Gasteiger partial charge in [0.25, 0.3) is 0 Å². The molecule has 0 spiro atoms. The van der Waals surface area contributed by atoms with Crippen molar-refractivity contribution in [1.82, 2.24) is 15.0 Å². The summed E-state index contributed by atoms with van der Waals surface area (Å²) in [6.45, 7) is 5.47. The second kappa shape index (κ2) is 5.26. The highest BCUT2D eigenvalue weighted by molar-refractivity contribution is 5.82. The summed E-state index contributed by atoms with van der Waals surface area (Å²) in [5, 5.41) is 0. The molecule has 0 radical (unpaired) electrons. The maximum absolute atomic E-state index is 12.1. The van der Waals surface area contributed by atoms with E-state index in [1.165, 1.54) is 0 Å². The Balaban J connectivity index is 2.02. The van der Waals surface area contributed by atoms with Gasteiger partial charge in [0, 0.05) is 6.20 Å². The molecule has 0 bridgehead atoms. The number of nitrogens with zero attached hydrogens (tertiary/aromatic N) is 2. The largest absolute Gasteiger partial charge is 0.425 e. The maximum Gasteiger partial charge on any atom is 0.316 e. The lowest BCUT2D eigenvalue weighted by Crippen LogP contribution is -2.25. The number of aromatic nitrogens is 3. The van der Waals surface area contributed by atoms with E-state index < -0.39 is 5.41 Å². The van der Waals surface area contributed by atoms with Crippen LogP contribution < -0.4 is 4.74 Å². The lowest BCUT2D eigenvalue weighted by atomic mass is 9.97. The number of carbonyl (C=O) groups excluding carboxylic acids is 1. The fourth-order valence-corrected chi connectivity index (χ4v) is 1.98. The first kappa shape index (κ1) is 14.3. The fraction of sp³-hybridized carbons (Fsp3) is 0.235. The van der Waals surface area contributed by atoms with Crippen molar-refractivity contribution in [3.63, 3.8) is 0 Å². The maximum atomic E-state index is 12.1. The molecular formula is C17H17N3O2. The van der Waals surface area contributed by atoms with Gasteiger partial charge in [-0.2, -0.15) is 0 Å². The zero-order valence-electron chi connectivity index (χ0n) is 12.8. The van der Waals surface area contributed by atoms with Crippen LogP contribution in [-0.2, 0) is 4.79 Å². The lowest BCUT2D eigenvalue weighted by Gasteiger charge is -2.17. The Morgan fingerprint density at radius 1 is 1.14 bits per heavy atom. The topological polar surface area (TPSA) is 67.9 Å². The van der Waals surface area contributed by atoms with Crippen LogP contribution in [0.25, 0.3) is 22.6 Å². The molecule has 0 saturated heterocycles. The number of hydrogen-bond donors (Lipinski definition) is 1. The van der Waals surface area contributed by atoms with E-state index in [-0.39, 0.29) is 5.97 Å². The number of aromatic amines is 1. The SMILES string of the molecule is CC(C)(C)C(=O)Oc1ccccc1-c1nc2cccnc2[nH]1. The normalized spacial score (nSPS) is 11.6. The Bertz CT molecular complexity index is 798. The molecule has 0 fully saturated rings. The number of pyridine rings is 1. The van der Waals surface area contributed by atoms with E-state index in [0.717, 1.165) is 11.1 Å². The summed E-state index contributed by atoms with van der Waals surface area (Å²) in [7, 11) is 0. The van der Waals surface area contributed by atoms with Gasteiger partial charge in [-0.25, -0.2) is 9.97 Å². The van der Waals surface area contributed by atoms with Crippen LogP contribution in [0.15, 0.2) is 42.6 Å². The Kier molecular flexibility index (Phi) is 3.41. The number of carbonyl (C=O) groups is 1. The van der Waals surface area contributed by atoms with E-state index in [2.05, 4.69) is 15.0 Å². The fourth-order valence-electron chi connectivity index (χ4n) is 1.98. The van der Waals surface area contributed by atoms with Crippen LogP contribution in [0.5, 0.6) is 5.75 Å². The molecule has 0 aliphatic carbocycles. The van der Waals surface area contributed by atoms with Crippen molar-refractivity contribution in [2.45, 2.75) is 20.8 Å². The summed E-state index contributed by atoms with van der Waals surface area (Å²) in [4.78, 5) is 24.0. The zero-order valence-corrected chi connectivity index (χ0v) is 12.8. The van der Waals surface area contributed by atoms with Gasteiger partial charge in [-0.05, 0) is 45.0 Å². The van der Waals surface area contributed by atoms with Crippen LogP contribution >= 0.6 is 0 Å². The molecule has 2 aromatic heterocycles. The molecule has 22 heavy (non-hydrogen) atoms. The van der Waals surface area contributed by atoms with E-state index in [1.807, 2.05) is 51.1 Å². The quantitative estimate of drug-likeness (QED) is 0.579. The Labute approximate surface area is 128 Å². The summed E-state index contributed by atoms with van der Waals surface area (Å²) < 4.78 is 5.54. The molecule has 0 aliphatic rings. The molecule has 0 amide bonds. The molecule has 0 aliphatic heterocycles. The summed E-state index contributed by atoms with van der Waals surface area (Å²) in [5.74, 6) is 0.835. The Morgan fingerprint density at radius 3 is 2.64 bits per heavy atom. The van der Waals surface area contributed by atoms with E-state index in [4.69, 9.17) is 4.74 Å². The van der Waals surface area contributed by atoms with Gasteiger partial charge in [0.1, 0.15) is 17.1 Å². The lowest BCUT2D eigenvalue weighted by molar-refractivity contribution is -0.142. The molecule has 5 nitrogen and oxygen atoms in total. The third kappa shape index (κ3) is 2.70. The van der Waals surface area contributed by atoms with Crippen LogP contribution in [-0.4, -0.2) is 20.9 Å². The van der Waals surface area contributed by atoms with Crippen molar-refractivity contribution < 1.29 is 9.53 Å². The monoisotopic (exact) mass is 295 g/mol. The van der Waals surface area contributed by atoms with E-state index in [9.17, 15) is 4.79 Å². The number of para-hydroxylation sites is 1. The van der Waals surface area contributed by atoms with Gasteiger partial charge >= 0.3 is 5.97 Å². The number of imidazole rings is 1. The summed E-state index contributed by atoms with van der Waals surface area (Å²) >= 11 is 0. The molecular weight excluding hydrogens is 278 g/mol. The minimum absolute atomic E-state index is 0.283. The Hall–Kier alpha value is -2.69. The van der Waals surface area contributed by atoms with Gasteiger partial charge in [0.15, 0.2) is 5.65 Å². The van der Waals surface area contributed by atoms with Gasteiger partial charge < -0.3 is 9.72 Å². The van der Waals surface area contributed by atoms with Crippen LogP contribution in [0.3, 0.4) is 0 Å². The van der Waals surface area contributed by atoms with Crippen molar-refractivity contribution in [3.8, 4) is 17.1 Å². The average Bonchev–Trinajstić information content (AvgIpc) is 2.90. The number of benzene rings is 1. The van der Waals surface area contributed by atoms with Crippen molar-refractivity contribution in [3.05, 3.63) is 42.6 Å². The standard InChI is InChI=1S/C17H17N3O2/c1-17(2,3)16(21)22-13-9-5-4-7-11(13)14-19-12-8-6-10-18-15(12)20-14/h4-10H,1-3H3,(H,18,19,20). The van der Waals surface area contributed by atoms with E-state index >= 15 is 0 Å². The molecule has 1 N–H and O–H groups in total. The van der Waals surface area contributed by atoms with Crippen molar-refractivity contribution in [1.29, 1.82) is 0 Å². The highest BCUT2D eigenvalue weighted by atomic mass is 16.5. The van der Waals surface area contributed by atoms with Crippen LogP contribution in [0, 0.1) is 5.41 Å². The molecule has 0 unspecified atom stereocenters. The number of hydrogen-bond acceptors (Lipinski definition) is 4. The Morgan fingerprint density at radius 2 is 1.91 bits per heavy atom. The molecule has 3 aromatic rings. The minimum atomic E-state index is -0.567. The van der Waals surface area contributed by atoms with Crippen molar-refractivity contribution in [2.75, 3.05) is 0 Å². The summed E-state index contributed by atoms with van der Waals surface area (Å²) in [5.41, 5.74) is 1.64. The van der Waals surface area contributed by atoms with Crippen LogP contribution in [0.2, 0.25) is 0 Å². The third-order valence-electron chi connectivity index (χ3n) is 3.21. The molecule has 0 saturated carbocycles. The molecule has 2 heterocycles. The number of H-pyrrole nitrogens is 1. The van der Waals surface area contributed by atoms with E-state index in [0.29, 0.717) is 17.2 Å². The first-order valence-electron chi connectivity index (χ1n) is 7.07. The first-order valence-corrected chi connectivity index (χ1v) is 7.07. The van der Waals surface area contributed by atoms with Crippen LogP contribution in [0.4, 0.5) is 0 Å². The van der Waals surface area contributed by atoms with Crippen LogP contribution in [0.1, 0.15) is 20.8 Å². The highest BCUT2D eigenvalue weighted by Gasteiger charge is 2.25. The second-order valence-corrected chi connectivity index (χ2v) is 6.09. The summed E-state index contributed by atoms with van der Waals surface area (Å²) in [6.07, 6.45) is 1.70. The first-order chi connectivity index (χ1) is 10.4. The van der Waals surface area contributed by atoms with Crippen molar-refractivity contribution in [2.24, 2.45) is 5.41 Å². The van der Waals surface area contributed by atoms with Gasteiger partial charge in [-0.1, -0.05) is 12.1 Å². The van der Waals surface area contributed by atoms with E-state index in [1.54, 1.807) is 12.3 Å². The predicted molar refractivity (Wildman–Crippen MR) is 84.4 cm³/mol. The van der Waals surface area contributed by atoms with Crippen molar-refractivity contribution >= 4 is 17.1 Å². The highest BCUT2D eigenvalue weighted by Crippen LogP contribution is 2.30. The second-order valence-electron chi connectivity index (χ2n) is 6.09. The van der Waals surface area contributed by atoms with Gasteiger partial charge in [-0.15, -0.1) is 0 Å². The number of esters is 1. The number of nitrogens with one attached hydrogen (secondary N) is 1. The van der Waals surface area contributed by atoms with Gasteiger partial charge in [0.05, 0.1) is 11.0 Å². The molecule has 112 valence electrons. The molecule has 3 rings (SSSR count). The smallest absolute Gasteiger partial charge is 0.316 e. The molecule has 0 atom stereocenters. The average molecular weight is 295 g/mol. The summed E-state index contributed by atoms with van der Waals surface area (Å²) in [6, 6.07) is 11.0. The minimum Gasteiger partial charge on any atom is -0.425 e. The third-order valence-corrected chi connectivity index (χ3v) is 3.21. The number of rotatable bonds is 2. The van der Waals surface area contributed by atoms with Gasteiger partial charge in [0.2, 0.25) is 0 Å². The molecule has 1 aromatic carbocycles.